The molecule has 0 spiro atoms. The van der Waals surface area contributed by atoms with Gasteiger partial charge in [0.05, 0.1) is 6.54 Å². The van der Waals surface area contributed by atoms with Gasteiger partial charge in [-0.3, -0.25) is 14.5 Å². The van der Waals surface area contributed by atoms with Crippen LogP contribution >= 0.6 is 0 Å². The average molecular weight is 513 g/mol. The number of nitrogens with zero attached hydrogens (tertiary/aromatic N) is 1. The summed E-state index contributed by atoms with van der Waals surface area (Å²) < 4.78 is 181. The zero-order chi connectivity index (χ0) is 26.4. The molecule has 1 aromatic rings. The van der Waals surface area contributed by atoms with E-state index in [2.05, 4.69) is 0 Å². The van der Waals surface area contributed by atoms with Crippen LogP contribution < -0.4 is 0 Å². The van der Waals surface area contributed by atoms with Crippen LogP contribution in [0, 0.1) is 6.92 Å². The minimum absolute atomic E-state index is 0.325. The van der Waals surface area contributed by atoms with E-state index in [-0.39, 0.29) is 0 Å². The summed E-state index contributed by atoms with van der Waals surface area (Å²) >= 11 is 0. The first kappa shape index (κ1) is 28.4. The lowest BCUT2D eigenvalue weighted by Crippen LogP contribution is -2.65. The van der Waals surface area contributed by atoms with Crippen LogP contribution in [0.4, 0.5) is 61.5 Å². The van der Waals surface area contributed by atoms with E-state index >= 15 is 0 Å². The Hall–Kier alpha value is -2.62. The van der Waals surface area contributed by atoms with E-state index in [4.69, 9.17) is 0 Å². The van der Waals surface area contributed by atoms with Gasteiger partial charge in [-0.25, -0.2) is 0 Å². The third-order valence-electron chi connectivity index (χ3n) is 3.99. The molecule has 0 unspecified atom stereocenters. The summed E-state index contributed by atoms with van der Waals surface area (Å²) in [5.74, 6) is -37.0. The molecule has 17 heteroatoms. The molecule has 0 N–H and O–H groups in total. The maximum Gasteiger partial charge on any atom is 0.460 e. The van der Waals surface area contributed by atoms with E-state index in [1.54, 1.807) is 0 Å². The van der Waals surface area contributed by atoms with Gasteiger partial charge in [-0.15, -0.1) is 0 Å². The van der Waals surface area contributed by atoms with Crippen LogP contribution in [0.1, 0.15) is 11.1 Å². The van der Waals surface area contributed by atoms with E-state index in [0.29, 0.717) is 17.7 Å². The van der Waals surface area contributed by atoms with E-state index in [0.717, 1.165) is 12.1 Å². The smallest absolute Gasteiger partial charge is 0.267 e. The molecular formula is C16H9F14NO2. The van der Waals surface area contributed by atoms with Gasteiger partial charge in [-0.2, -0.15) is 61.5 Å². The molecule has 0 aliphatic rings. The maximum atomic E-state index is 13.7. The van der Waals surface area contributed by atoms with Crippen molar-refractivity contribution in [2.75, 3.05) is 0 Å². The summed E-state index contributed by atoms with van der Waals surface area (Å²) in [4.78, 5) is 21.5. The number of imide groups is 1. The van der Waals surface area contributed by atoms with Crippen molar-refractivity contribution in [2.24, 2.45) is 0 Å². The Morgan fingerprint density at radius 2 is 0.939 bits per heavy atom. The highest BCUT2D eigenvalue weighted by Crippen LogP contribution is 2.50. The number of amides is 2. The normalized spacial score (nSPS) is 14.3. The lowest BCUT2D eigenvalue weighted by Gasteiger charge is -2.34. The quantitative estimate of drug-likeness (QED) is 0.471. The van der Waals surface area contributed by atoms with Gasteiger partial charge in [-0.1, -0.05) is 29.8 Å². The number of hydrogen-bond acceptors (Lipinski definition) is 2. The molecule has 0 heterocycles. The number of rotatable bonds is 6. The second kappa shape index (κ2) is 8.30. The van der Waals surface area contributed by atoms with Gasteiger partial charge in [0.15, 0.2) is 0 Å². The fourth-order valence-electron chi connectivity index (χ4n) is 2.08. The van der Waals surface area contributed by atoms with Crippen LogP contribution in [0.3, 0.4) is 0 Å². The van der Waals surface area contributed by atoms with E-state index in [1.807, 2.05) is 0 Å². The van der Waals surface area contributed by atoms with Crippen LogP contribution in [-0.4, -0.2) is 52.8 Å². The first-order valence-electron chi connectivity index (χ1n) is 7.99. The van der Waals surface area contributed by atoms with Crippen molar-refractivity contribution in [3.05, 3.63) is 35.4 Å². The number of aryl methyl sites for hydroxylation is 1. The first-order valence-corrected chi connectivity index (χ1v) is 7.99. The predicted molar refractivity (Wildman–Crippen MR) is 78.6 cm³/mol. The second-order valence-electron chi connectivity index (χ2n) is 6.48. The Labute approximate surface area is 173 Å². The highest BCUT2D eigenvalue weighted by molar-refractivity contribution is 6.02. The third-order valence-corrected chi connectivity index (χ3v) is 3.99. The second-order valence-corrected chi connectivity index (χ2v) is 6.48. The van der Waals surface area contributed by atoms with Crippen LogP contribution in [0.25, 0.3) is 0 Å². The molecule has 2 amide bonds. The lowest BCUT2D eigenvalue weighted by molar-refractivity contribution is -0.350. The SMILES string of the molecule is Cc1ccc(CN(C(=O)C(F)(F)C(F)(F)C(F)(F)F)C(=O)C(F)(F)C(F)(F)C(F)(F)F)cc1. The third kappa shape index (κ3) is 4.85. The number of halogens is 14. The largest absolute Gasteiger partial charge is 0.460 e. The Balaban J connectivity index is 3.66. The first-order chi connectivity index (χ1) is 14.4. The highest BCUT2D eigenvalue weighted by atomic mass is 19.4. The van der Waals surface area contributed by atoms with E-state index < -0.39 is 64.9 Å². The Morgan fingerprint density at radius 3 is 1.21 bits per heavy atom. The molecule has 0 bridgehead atoms. The summed E-state index contributed by atoms with van der Waals surface area (Å²) in [5, 5.41) is 0. The Bertz CT molecular complexity index is 836. The summed E-state index contributed by atoms with van der Waals surface area (Å²) in [7, 11) is 0. The molecule has 188 valence electrons. The van der Waals surface area contributed by atoms with Crippen LogP contribution in [0.5, 0.6) is 0 Å². The molecule has 0 aliphatic heterocycles. The zero-order valence-electron chi connectivity index (χ0n) is 15.6. The van der Waals surface area contributed by atoms with Crippen molar-refractivity contribution in [1.82, 2.24) is 4.90 Å². The van der Waals surface area contributed by atoms with Crippen molar-refractivity contribution >= 4 is 11.8 Å². The molecule has 3 nitrogen and oxygen atoms in total. The van der Waals surface area contributed by atoms with Crippen molar-refractivity contribution in [2.45, 2.75) is 49.5 Å². The van der Waals surface area contributed by atoms with Crippen molar-refractivity contribution in [1.29, 1.82) is 0 Å². The number of hydrogen-bond donors (Lipinski definition) is 0. The van der Waals surface area contributed by atoms with Gasteiger partial charge < -0.3 is 0 Å². The molecule has 0 aliphatic carbocycles. The van der Waals surface area contributed by atoms with Crippen LogP contribution in [0.15, 0.2) is 24.3 Å². The van der Waals surface area contributed by atoms with Crippen molar-refractivity contribution < 1.29 is 71.1 Å². The van der Waals surface area contributed by atoms with Gasteiger partial charge in [-0.05, 0) is 12.5 Å². The summed E-state index contributed by atoms with van der Waals surface area (Å²) in [5.41, 5.74) is -0.426. The molecule has 0 radical (unpaired) electrons. The Morgan fingerprint density at radius 1 is 0.636 bits per heavy atom. The van der Waals surface area contributed by atoms with Gasteiger partial charge in [0.2, 0.25) is 0 Å². The zero-order valence-corrected chi connectivity index (χ0v) is 15.6. The van der Waals surface area contributed by atoms with Crippen molar-refractivity contribution in [3.8, 4) is 0 Å². The van der Waals surface area contributed by atoms with E-state index in [1.165, 1.54) is 6.92 Å². The lowest BCUT2D eigenvalue weighted by atomic mass is 10.1. The van der Waals surface area contributed by atoms with Crippen molar-refractivity contribution in [3.63, 3.8) is 0 Å². The Kier molecular flexibility index (Phi) is 7.15. The standard InChI is InChI=1S/C16H9F14NO2/c1-7-2-4-8(5-3-7)6-31(9(32)11(17,18)13(21,22)15(25,26)27)10(33)12(19,20)14(23,24)16(28,29)30/h2-5H,6H2,1H3. The fourth-order valence-corrected chi connectivity index (χ4v) is 2.08. The summed E-state index contributed by atoms with van der Waals surface area (Å²) in [6.45, 7) is -0.723. The molecular weight excluding hydrogens is 504 g/mol. The molecule has 1 rings (SSSR count). The molecule has 0 fully saturated rings. The summed E-state index contributed by atoms with van der Waals surface area (Å²) in [6, 6.07) is 3.44. The van der Waals surface area contributed by atoms with Gasteiger partial charge in [0, 0.05) is 0 Å². The highest BCUT2D eigenvalue weighted by Gasteiger charge is 2.80. The number of benzene rings is 1. The molecule has 0 saturated carbocycles. The number of alkyl halides is 14. The number of carbonyl (C=O) groups excluding carboxylic acids is 2. The molecule has 0 atom stereocenters. The van der Waals surface area contributed by atoms with Gasteiger partial charge >= 0.3 is 47.9 Å². The maximum absolute atomic E-state index is 13.7. The van der Waals surface area contributed by atoms with Gasteiger partial charge in [0.1, 0.15) is 0 Å². The predicted octanol–water partition coefficient (Wildman–Crippen LogP) is 5.52. The molecule has 33 heavy (non-hydrogen) atoms. The molecule has 0 saturated heterocycles. The van der Waals surface area contributed by atoms with Gasteiger partial charge in [0.25, 0.3) is 0 Å². The van der Waals surface area contributed by atoms with Crippen LogP contribution in [-0.2, 0) is 16.1 Å². The monoisotopic (exact) mass is 513 g/mol. The topological polar surface area (TPSA) is 37.4 Å². The minimum atomic E-state index is -7.33. The minimum Gasteiger partial charge on any atom is -0.267 e. The van der Waals surface area contributed by atoms with Crippen LogP contribution in [0.2, 0.25) is 0 Å². The molecule has 0 aromatic heterocycles. The van der Waals surface area contributed by atoms with E-state index in [9.17, 15) is 71.1 Å². The molecule has 1 aromatic carbocycles. The average Bonchev–Trinajstić information content (AvgIpc) is 2.64. The fraction of sp³-hybridized carbons (Fsp3) is 0.500. The summed E-state index contributed by atoms with van der Waals surface area (Å²) in [6.07, 6.45) is -14.4. The number of carbonyl (C=O) groups is 2.